The van der Waals surface area contributed by atoms with Crippen molar-refractivity contribution >= 4 is 43.5 Å². The lowest BCUT2D eigenvalue weighted by Gasteiger charge is -2.29. The molecule has 2 aromatic carbocycles. The van der Waals surface area contributed by atoms with E-state index in [0.717, 1.165) is 18.2 Å². The van der Waals surface area contributed by atoms with E-state index < -0.39 is 19.7 Å². The van der Waals surface area contributed by atoms with Crippen LogP contribution in [-0.4, -0.2) is 88.7 Å². The van der Waals surface area contributed by atoms with E-state index in [4.69, 9.17) is 4.84 Å². The number of fused-ring (bicyclic) bond motifs is 1. The van der Waals surface area contributed by atoms with Gasteiger partial charge in [-0.2, -0.15) is 0 Å². The molecule has 2 N–H and O–H groups in total. The SMILES string of the molecule is CON1C=c2ncnc(Nc3ccc(S(=O)(=O)c4ccccc4)cc3)c2=CC1NCCCN(C)CCS(C)(=O)=O. The Morgan fingerprint density at radius 2 is 1.68 bits per heavy atom. The minimum atomic E-state index is -3.61. The Balaban J connectivity index is 1.45. The lowest BCUT2D eigenvalue weighted by atomic mass is 10.2. The van der Waals surface area contributed by atoms with Crippen molar-refractivity contribution in [1.82, 2.24) is 25.2 Å². The highest BCUT2D eigenvalue weighted by Crippen LogP contribution is 2.22. The van der Waals surface area contributed by atoms with Gasteiger partial charge in [-0.05, 0) is 69.0 Å². The van der Waals surface area contributed by atoms with E-state index in [-0.39, 0.29) is 21.7 Å². The molecule has 0 bridgehead atoms. The van der Waals surface area contributed by atoms with Crippen LogP contribution in [0.15, 0.2) is 70.7 Å². The van der Waals surface area contributed by atoms with E-state index >= 15 is 0 Å². The van der Waals surface area contributed by atoms with Crippen molar-refractivity contribution < 1.29 is 21.7 Å². The fraction of sp³-hybridized carbons (Fsp3) is 0.333. The summed E-state index contributed by atoms with van der Waals surface area (Å²) in [6, 6.07) is 14.9. The minimum Gasteiger partial charge on any atom is -0.340 e. The first-order valence-corrected chi connectivity index (χ1v) is 16.3. The van der Waals surface area contributed by atoms with Crippen LogP contribution < -0.4 is 21.2 Å². The molecule has 1 aliphatic rings. The van der Waals surface area contributed by atoms with Crippen LogP contribution in [0, 0.1) is 0 Å². The van der Waals surface area contributed by atoms with Gasteiger partial charge in [0.1, 0.15) is 28.1 Å². The number of hydroxylamine groups is 2. The maximum atomic E-state index is 12.9. The van der Waals surface area contributed by atoms with Crippen LogP contribution in [0.4, 0.5) is 11.5 Å². The molecule has 3 aromatic rings. The molecule has 214 valence electrons. The summed E-state index contributed by atoms with van der Waals surface area (Å²) < 4.78 is 48.6. The van der Waals surface area contributed by atoms with E-state index in [1.54, 1.807) is 73.0 Å². The summed E-state index contributed by atoms with van der Waals surface area (Å²) in [5.74, 6) is 0.709. The van der Waals surface area contributed by atoms with E-state index in [1.807, 2.05) is 18.0 Å². The van der Waals surface area contributed by atoms with Gasteiger partial charge in [-0.25, -0.2) is 31.9 Å². The van der Waals surface area contributed by atoms with Gasteiger partial charge in [-0.3, -0.25) is 10.2 Å². The highest BCUT2D eigenvalue weighted by atomic mass is 32.2. The van der Waals surface area contributed by atoms with Gasteiger partial charge in [-0.15, -0.1) is 0 Å². The molecule has 1 unspecified atom stereocenters. The zero-order chi connectivity index (χ0) is 28.8. The lowest BCUT2D eigenvalue weighted by molar-refractivity contribution is -0.0945. The molecule has 0 saturated heterocycles. The summed E-state index contributed by atoms with van der Waals surface area (Å²) >= 11 is 0. The molecule has 0 saturated carbocycles. The predicted molar refractivity (Wildman–Crippen MR) is 154 cm³/mol. The van der Waals surface area contributed by atoms with Gasteiger partial charge < -0.3 is 10.2 Å². The molecule has 11 nitrogen and oxygen atoms in total. The molecule has 40 heavy (non-hydrogen) atoms. The molecule has 1 aromatic heterocycles. The molecule has 4 rings (SSSR count). The number of sulfone groups is 2. The molecule has 0 aliphatic carbocycles. The first-order chi connectivity index (χ1) is 19.1. The maximum Gasteiger partial charge on any atom is 0.206 e. The molecule has 0 amide bonds. The maximum absolute atomic E-state index is 12.9. The molecule has 0 fully saturated rings. The lowest BCUT2D eigenvalue weighted by Crippen LogP contribution is -2.50. The van der Waals surface area contributed by atoms with Gasteiger partial charge in [0.2, 0.25) is 9.84 Å². The average Bonchev–Trinajstić information content (AvgIpc) is 2.94. The van der Waals surface area contributed by atoms with Crippen molar-refractivity contribution in [3.05, 3.63) is 71.5 Å². The first-order valence-electron chi connectivity index (χ1n) is 12.7. The quantitative estimate of drug-likeness (QED) is 0.275. The number of anilines is 2. The van der Waals surface area contributed by atoms with Crippen LogP contribution in [-0.2, 0) is 24.5 Å². The summed E-state index contributed by atoms with van der Waals surface area (Å²) in [7, 11) is -3.11. The Kier molecular flexibility index (Phi) is 9.53. The second kappa shape index (κ2) is 12.9. The Morgan fingerprint density at radius 1 is 0.975 bits per heavy atom. The highest BCUT2D eigenvalue weighted by molar-refractivity contribution is 7.91. The minimum absolute atomic E-state index is 0.137. The molecule has 1 aliphatic heterocycles. The van der Waals surface area contributed by atoms with Gasteiger partial charge in [0.25, 0.3) is 0 Å². The molecular weight excluding hydrogens is 552 g/mol. The van der Waals surface area contributed by atoms with Crippen LogP contribution in [0.5, 0.6) is 0 Å². The summed E-state index contributed by atoms with van der Waals surface area (Å²) in [6.45, 7) is 1.90. The molecule has 2 heterocycles. The third-order valence-electron chi connectivity index (χ3n) is 6.37. The topological polar surface area (TPSA) is 134 Å². The Bertz CT molecular complexity index is 1630. The van der Waals surface area contributed by atoms with Crippen LogP contribution in [0.25, 0.3) is 12.3 Å². The van der Waals surface area contributed by atoms with Crippen LogP contribution in [0.1, 0.15) is 6.42 Å². The van der Waals surface area contributed by atoms with Crippen LogP contribution >= 0.6 is 0 Å². The molecule has 0 spiro atoms. The van der Waals surface area contributed by atoms with Gasteiger partial charge in [0, 0.05) is 23.7 Å². The van der Waals surface area contributed by atoms with Crippen LogP contribution in [0.3, 0.4) is 0 Å². The van der Waals surface area contributed by atoms with E-state index in [0.29, 0.717) is 29.9 Å². The zero-order valence-electron chi connectivity index (χ0n) is 22.7. The molecule has 1 atom stereocenters. The number of rotatable bonds is 13. The average molecular weight is 587 g/mol. The fourth-order valence-electron chi connectivity index (χ4n) is 4.15. The van der Waals surface area contributed by atoms with Crippen molar-refractivity contribution in [3.63, 3.8) is 0 Å². The summed E-state index contributed by atoms with van der Waals surface area (Å²) in [5.41, 5.74) is 0.678. The standard InChI is InChI=1S/C27H34N6O5S2/c1-32(16-17-39(3,34)35)15-7-14-28-26-18-24-25(19-33(26)38-2)29-20-30-27(24)31-21-10-12-23(13-11-21)40(36,37)22-8-5-4-6-9-22/h4-6,8-13,18-20,26,28H,7,14-17H2,1-3H3,(H,29,30,31). The number of aromatic nitrogens is 2. The second-order valence-electron chi connectivity index (χ2n) is 9.51. The summed E-state index contributed by atoms with van der Waals surface area (Å²) in [6.07, 6.45) is 6.96. The monoisotopic (exact) mass is 586 g/mol. The first kappa shape index (κ1) is 29.6. The summed E-state index contributed by atoms with van der Waals surface area (Å²) in [4.78, 5) is 16.8. The van der Waals surface area contributed by atoms with Gasteiger partial charge >= 0.3 is 0 Å². The number of hydrogen-bond acceptors (Lipinski definition) is 11. The third kappa shape index (κ3) is 7.64. The zero-order valence-corrected chi connectivity index (χ0v) is 24.3. The van der Waals surface area contributed by atoms with Crippen molar-refractivity contribution in [2.45, 2.75) is 22.4 Å². The smallest absolute Gasteiger partial charge is 0.206 e. The molecule has 0 radical (unpaired) electrons. The largest absolute Gasteiger partial charge is 0.340 e. The summed E-state index contributed by atoms with van der Waals surface area (Å²) in [5, 5.41) is 9.82. The Morgan fingerprint density at radius 3 is 2.35 bits per heavy atom. The molecular formula is C27H34N6O5S2. The van der Waals surface area contributed by atoms with Gasteiger partial charge in [-0.1, -0.05) is 18.2 Å². The fourth-order valence-corrected chi connectivity index (χ4v) is 6.07. The Hall–Kier alpha value is -3.36. The number of nitrogens with zero attached hydrogens (tertiary/aromatic N) is 4. The number of hydrogen-bond donors (Lipinski definition) is 2. The van der Waals surface area contributed by atoms with Gasteiger partial charge in [0.05, 0.1) is 34.2 Å². The van der Waals surface area contributed by atoms with Gasteiger partial charge in [0.15, 0.2) is 0 Å². The van der Waals surface area contributed by atoms with Crippen molar-refractivity contribution in [2.24, 2.45) is 0 Å². The predicted octanol–water partition coefficient (Wildman–Crippen LogP) is 0.731. The Labute approximate surface area is 235 Å². The van der Waals surface area contributed by atoms with Crippen LogP contribution in [0.2, 0.25) is 0 Å². The van der Waals surface area contributed by atoms with Crippen molar-refractivity contribution in [3.8, 4) is 0 Å². The normalized spacial score (nSPS) is 15.3. The van der Waals surface area contributed by atoms with E-state index in [9.17, 15) is 16.8 Å². The second-order valence-corrected chi connectivity index (χ2v) is 13.7. The highest BCUT2D eigenvalue weighted by Gasteiger charge is 2.19. The third-order valence-corrected chi connectivity index (χ3v) is 9.08. The molecule has 13 heteroatoms. The van der Waals surface area contributed by atoms with Crippen molar-refractivity contribution in [1.29, 1.82) is 0 Å². The van der Waals surface area contributed by atoms with Crippen molar-refractivity contribution in [2.75, 3.05) is 51.1 Å². The number of benzene rings is 2. The van der Waals surface area contributed by atoms with E-state index in [2.05, 4.69) is 20.6 Å². The number of nitrogens with one attached hydrogen (secondary N) is 2. The van der Waals surface area contributed by atoms with E-state index in [1.165, 1.54) is 12.6 Å².